The van der Waals surface area contributed by atoms with Gasteiger partial charge in [0.2, 0.25) is 5.91 Å². The number of rotatable bonds is 3. The van der Waals surface area contributed by atoms with Crippen LogP contribution in [-0.2, 0) is 9.59 Å². The zero-order chi connectivity index (χ0) is 9.02. The Morgan fingerprint density at radius 2 is 2.09 bits per heavy atom. The average molecular weight is 175 g/mol. The molecule has 11 heavy (non-hydrogen) atoms. The molecule has 0 fully saturated rings. The normalized spacial score (nSPS) is 11.8. The average Bonchev–Trinajstić information content (AvgIpc) is 1.87. The highest BCUT2D eigenvalue weighted by Gasteiger charge is 2.14. The molecule has 0 aromatic heterocycles. The lowest BCUT2D eigenvalue weighted by molar-refractivity contribution is -0.138. The molecule has 0 spiro atoms. The summed E-state index contributed by atoms with van der Waals surface area (Å²) < 4.78 is 0. The van der Waals surface area contributed by atoms with E-state index >= 15 is 0 Å². The van der Waals surface area contributed by atoms with Crippen LogP contribution in [0.5, 0.6) is 0 Å². The number of carboxylic acids is 1. The molecule has 4 nitrogen and oxygen atoms in total. The number of hydrogen-bond acceptors (Lipinski definition) is 3. The van der Waals surface area contributed by atoms with Gasteiger partial charge >= 0.3 is 5.97 Å². The molecule has 0 aliphatic heterocycles. The van der Waals surface area contributed by atoms with E-state index in [4.69, 9.17) is 5.11 Å². The standard InChI is InChI=1S/C6H9NO3S/c1-3(2)4(8)7-5(11)6(9)10/h5,11H,1H2,2H3,(H,7,8)(H,9,10). The molecule has 0 aliphatic rings. The molecule has 0 aromatic carbocycles. The van der Waals surface area contributed by atoms with E-state index in [0.717, 1.165) is 0 Å². The van der Waals surface area contributed by atoms with Crippen molar-refractivity contribution in [3.8, 4) is 0 Å². The number of thiol groups is 1. The van der Waals surface area contributed by atoms with Gasteiger partial charge < -0.3 is 10.4 Å². The molecular weight excluding hydrogens is 166 g/mol. The summed E-state index contributed by atoms with van der Waals surface area (Å²) in [4.78, 5) is 20.9. The maximum Gasteiger partial charge on any atom is 0.336 e. The zero-order valence-electron chi connectivity index (χ0n) is 6.00. The maximum absolute atomic E-state index is 10.7. The minimum absolute atomic E-state index is 0.255. The fourth-order valence-electron chi connectivity index (χ4n) is 0.309. The van der Waals surface area contributed by atoms with Gasteiger partial charge in [-0.15, -0.1) is 12.6 Å². The molecule has 0 aliphatic carbocycles. The lowest BCUT2D eigenvalue weighted by Crippen LogP contribution is -2.36. The Hall–Kier alpha value is -0.970. The fraction of sp³-hybridized carbons (Fsp3) is 0.333. The molecule has 0 rings (SSSR count). The molecule has 0 heterocycles. The number of carbonyl (C=O) groups is 2. The molecule has 0 bridgehead atoms. The monoisotopic (exact) mass is 175 g/mol. The van der Waals surface area contributed by atoms with Crippen LogP contribution in [0.1, 0.15) is 6.92 Å². The Kier molecular flexibility index (Phi) is 3.67. The van der Waals surface area contributed by atoms with Gasteiger partial charge in [-0.1, -0.05) is 6.58 Å². The Morgan fingerprint density at radius 3 is 2.36 bits per heavy atom. The molecular formula is C6H9NO3S. The SMILES string of the molecule is C=C(C)C(=O)NC(S)C(=O)O. The largest absolute Gasteiger partial charge is 0.479 e. The smallest absolute Gasteiger partial charge is 0.336 e. The second-order valence-corrected chi connectivity index (χ2v) is 2.51. The molecule has 1 atom stereocenters. The zero-order valence-corrected chi connectivity index (χ0v) is 6.89. The molecule has 62 valence electrons. The van der Waals surface area contributed by atoms with Gasteiger partial charge in [0.05, 0.1) is 0 Å². The predicted molar refractivity (Wildman–Crippen MR) is 43.4 cm³/mol. The van der Waals surface area contributed by atoms with Gasteiger partial charge in [0.1, 0.15) is 0 Å². The third-order valence-corrected chi connectivity index (χ3v) is 1.24. The summed E-state index contributed by atoms with van der Waals surface area (Å²) in [5, 5.41) is 9.23. The van der Waals surface area contributed by atoms with Crippen LogP contribution >= 0.6 is 12.6 Å². The van der Waals surface area contributed by atoms with Crippen molar-refractivity contribution in [2.75, 3.05) is 0 Å². The Balaban J connectivity index is 3.95. The van der Waals surface area contributed by atoms with E-state index in [9.17, 15) is 9.59 Å². The molecule has 0 saturated heterocycles. The van der Waals surface area contributed by atoms with Crippen molar-refractivity contribution < 1.29 is 14.7 Å². The molecule has 1 unspecified atom stereocenters. The van der Waals surface area contributed by atoms with E-state index in [1.54, 1.807) is 0 Å². The van der Waals surface area contributed by atoms with Gasteiger partial charge in [-0.2, -0.15) is 0 Å². The van der Waals surface area contributed by atoms with Gasteiger partial charge in [-0.3, -0.25) is 4.79 Å². The number of amides is 1. The van der Waals surface area contributed by atoms with E-state index in [-0.39, 0.29) is 5.57 Å². The second-order valence-electron chi connectivity index (χ2n) is 1.99. The van der Waals surface area contributed by atoms with E-state index in [2.05, 4.69) is 24.5 Å². The number of nitrogens with one attached hydrogen (secondary N) is 1. The van der Waals surface area contributed by atoms with Crippen molar-refractivity contribution in [3.05, 3.63) is 12.2 Å². The minimum Gasteiger partial charge on any atom is -0.479 e. The topological polar surface area (TPSA) is 66.4 Å². The summed E-state index contributed by atoms with van der Waals surface area (Å²) in [7, 11) is 0. The highest BCUT2D eigenvalue weighted by Crippen LogP contribution is 1.93. The van der Waals surface area contributed by atoms with Crippen molar-refractivity contribution in [2.45, 2.75) is 12.3 Å². The second kappa shape index (κ2) is 4.02. The van der Waals surface area contributed by atoms with E-state index in [1.165, 1.54) is 6.92 Å². The first-order valence-corrected chi connectivity index (χ1v) is 3.34. The molecule has 0 radical (unpaired) electrons. The lowest BCUT2D eigenvalue weighted by atomic mass is 10.3. The highest BCUT2D eigenvalue weighted by molar-refractivity contribution is 7.81. The van der Waals surface area contributed by atoms with Crippen molar-refractivity contribution in [3.63, 3.8) is 0 Å². The number of aliphatic carboxylic acids is 1. The van der Waals surface area contributed by atoms with Crippen LogP contribution in [0, 0.1) is 0 Å². The summed E-state index contributed by atoms with van der Waals surface area (Å²) >= 11 is 3.59. The van der Waals surface area contributed by atoms with Crippen LogP contribution in [0.15, 0.2) is 12.2 Å². The van der Waals surface area contributed by atoms with Crippen LogP contribution in [-0.4, -0.2) is 22.4 Å². The summed E-state index contributed by atoms with van der Waals surface area (Å²) in [6.07, 6.45) is 0. The van der Waals surface area contributed by atoms with Crippen molar-refractivity contribution in [1.29, 1.82) is 0 Å². The summed E-state index contributed by atoms with van der Waals surface area (Å²) in [6, 6.07) is 0. The first-order chi connectivity index (χ1) is 4.95. The van der Waals surface area contributed by atoms with Crippen molar-refractivity contribution >= 4 is 24.5 Å². The van der Waals surface area contributed by atoms with Crippen LogP contribution in [0.25, 0.3) is 0 Å². The highest BCUT2D eigenvalue weighted by atomic mass is 32.1. The quantitative estimate of drug-likeness (QED) is 0.322. The third-order valence-electron chi connectivity index (χ3n) is 0.889. The van der Waals surface area contributed by atoms with Crippen LogP contribution in [0.3, 0.4) is 0 Å². The summed E-state index contributed by atoms with van der Waals surface area (Å²) in [5.74, 6) is -1.70. The van der Waals surface area contributed by atoms with E-state index in [0.29, 0.717) is 0 Å². The Labute approximate surface area is 69.7 Å². The Bertz CT molecular complexity index is 202. The molecule has 5 heteroatoms. The first kappa shape index (κ1) is 10.0. The minimum atomic E-state index is -1.19. The van der Waals surface area contributed by atoms with Crippen LogP contribution in [0.4, 0.5) is 0 Å². The van der Waals surface area contributed by atoms with Gasteiger partial charge in [0.15, 0.2) is 5.37 Å². The Morgan fingerprint density at radius 1 is 1.64 bits per heavy atom. The maximum atomic E-state index is 10.7. The van der Waals surface area contributed by atoms with Gasteiger partial charge in [0, 0.05) is 5.57 Å². The van der Waals surface area contributed by atoms with Crippen molar-refractivity contribution in [1.82, 2.24) is 5.32 Å². The summed E-state index contributed by atoms with van der Waals surface area (Å²) in [6.45, 7) is 4.81. The summed E-state index contributed by atoms with van der Waals surface area (Å²) in [5.41, 5.74) is 0.255. The van der Waals surface area contributed by atoms with Crippen LogP contribution < -0.4 is 5.32 Å². The molecule has 0 aromatic rings. The predicted octanol–water partition coefficient (Wildman–Crippen LogP) is 0.0192. The molecule has 2 N–H and O–H groups in total. The van der Waals surface area contributed by atoms with Gasteiger partial charge in [-0.25, -0.2) is 4.79 Å². The number of carboxylic acid groups (broad SMARTS) is 1. The first-order valence-electron chi connectivity index (χ1n) is 2.82. The van der Waals surface area contributed by atoms with E-state index < -0.39 is 17.3 Å². The molecule has 0 saturated carbocycles. The fourth-order valence-corrected chi connectivity index (χ4v) is 0.426. The van der Waals surface area contributed by atoms with Crippen LogP contribution in [0.2, 0.25) is 0 Å². The van der Waals surface area contributed by atoms with E-state index in [1.807, 2.05) is 0 Å². The van der Waals surface area contributed by atoms with Gasteiger partial charge in [-0.05, 0) is 6.92 Å². The number of hydrogen-bond donors (Lipinski definition) is 3. The third kappa shape index (κ3) is 3.67. The number of carbonyl (C=O) groups excluding carboxylic acids is 1. The molecule has 1 amide bonds. The van der Waals surface area contributed by atoms with Crippen molar-refractivity contribution in [2.24, 2.45) is 0 Å². The van der Waals surface area contributed by atoms with Gasteiger partial charge in [0.25, 0.3) is 0 Å². The lowest BCUT2D eigenvalue weighted by Gasteiger charge is -2.06.